The van der Waals surface area contributed by atoms with Crippen molar-refractivity contribution in [1.82, 2.24) is 24.9 Å². The third kappa shape index (κ3) is 5.32. The molecule has 0 aliphatic carbocycles. The average Bonchev–Trinajstić information content (AvgIpc) is 3.36. The fourth-order valence-corrected chi connectivity index (χ4v) is 4.90. The van der Waals surface area contributed by atoms with E-state index in [1.807, 2.05) is 48.7 Å². The summed E-state index contributed by atoms with van der Waals surface area (Å²) in [6.07, 6.45) is 2.31. The highest BCUT2D eigenvalue weighted by Gasteiger charge is 2.23. The highest BCUT2D eigenvalue weighted by molar-refractivity contribution is 6.00. The number of benzene rings is 2. The van der Waals surface area contributed by atoms with E-state index < -0.39 is 12.0 Å². The number of hydrogen-bond acceptors (Lipinski definition) is 8. The predicted molar refractivity (Wildman–Crippen MR) is 148 cm³/mol. The number of carbonyl (C=O) groups is 1. The molecule has 198 valence electrons. The number of anilines is 2. The average molecular weight is 515 g/mol. The van der Waals surface area contributed by atoms with Crippen molar-refractivity contribution in [3.63, 3.8) is 0 Å². The molecule has 1 aliphatic rings. The quantitative estimate of drug-likeness (QED) is 0.229. The molecule has 2 aromatic heterocycles. The van der Waals surface area contributed by atoms with Crippen molar-refractivity contribution in [3.05, 3.63) is 71.4 Å². The van der Waals surface area contributed by atoms with Gasteiger partial charge in [-0.1, -0.05) is 56.3 Å². The summed E-state index contributed by atoms with van der Waals surface area (Å²) < 4.78 is 1.72. The van der Waals surface area contributed by atoms with Crippen LogP contribution in [-0.4, -0.2) is 56.3 Å². The molecule has 38 heavy (non-hydrogen) atoms. The minimum atomic E-state index is -0.465. The number of primary amides is 1. The lowest BCUT2D eigenvalue weighted by Gasteiger charge is -2.28. The number of aromatic nitrogens is 4. The zero-order valence-electron chi connectivity index (χ0n) is 21.7. The van der Waals surface area contributed by atoms with Gasteiger partial charge in [-0.3, -0.25) is 4.79 Å². The number of aliphatic hydroxyl groups excluding tert-OH is 1. The van der Waals surface area contributed by atoms with Crippen LogP contribution in [0.2, 0.25) is 0 Å². The summed E-state index contributed by atoms with van der Waals surface area (Å²) in [6.45, 7) is 6.72. The van der Waals surface area contributed by atoms with E-state index in [4.69, 9.17) is 15.7 Å². The Balaban J connectivity index is 1.45. The fraction of sp³-hybridized carbons (Fsp3) is 0.357. The van der Waals surface area contributed by atoms with Gasteiger partial charge >= 0.3 is 0 Å². The number of fused-ring (bicyclic) bond motifs is 1. The standard InChI is InChI=1S/C28H34N8O2/c1-17(2)23-15-33-36-26(23)34-27(31-14-19-11-12-30-16-24(19)37)35-28(36)32-13-18-7-3-4-8-20(18)21-9-5-6-10-22(21)25(29)38/h3-10,15,17,19,24,30,37H,11-14,16H2,1-2H3,(H2,29,38)(H2,31,32,34,35)/t19-,24+/m1/s1. The molecule has 5 rings (SSSR count). The number of piperidine rings is 1. The van der Waals surface area contributed by atoms with Crippen molar-refractivity contribution in [1.29, 1.82) is 0 Å². The van der Waals surface area contributed by atoms with Crippen molar-refractivity contribution < 1.29 is 9.90 Å². The molecule has 3 heterocycles. The molecule has 0 saturated carbocycles. The minimum absolute atomic E-state index is 0.124. The second-order valence-corrected chi connectivity index (χ2v) is 9.98. The molecule has 2 aromatic carbocycles. The Morgan fingerprint density at radius 3 is 2.66 bits per heavy atom. The second-order valence-electron chi connectivity index (χ2n) is 9.98. The maximum atomic E-state index is 12.1. The van der Waals surface area contributed by atoms with Crippen LogP contribution in [0.25, 0.3) is 16.8 Å². The van der Waals surface area contributed by atoms with E-state index in [1.54, 1.807) is 10.6 Å². The molecule has 1 aliphatic heterocycles. The van der Waals surface area contributed by atoms with Crippen LogP contribution in [0.1, 0.15) is 47.7 Å². The fourth-order valence-electron chi connectivity index (χ4n) is 4.90. The van der Waals surface area contributed by atoms with Crippen molar-refractivity contribution in [2.24, 2.45) is 11.7 Å². The van der Waals surface area contributed by atoms with E-state index in [9.17, 15) is 9.90 Å². The number of rotatable bonds is 9. The molecule has 2 atom stereocenters. The zero-order chi connectivity index (χ0) is 26.6. The molecule has 1 saturated heterocycles. The van der Waals surface area contributed by atoms with Gasteiger partial charge < -0.3 is 26.8 Å². The molecular formula is C28H34N8O2. The van der Waals surface area contributed by atoms with E-state index in [0.717, 1.165) is 40.9 Å². The number of nitrogens with two attached hydrogens (primary N) is 1. The van der Waals surface area contributed by atoms with E-state index in [0.29, 0.717) is 37.1 Å². The molecule has 1 amide bonds. The van der Waals surface area contributed by atoms with Gasteiger partial charge in [-0.15, -0.1) is 0 Å². The molecule has 0 radical (unpaired) electrons. The molecule has 0 unspecified atom stereocenters. The first kappa shape index (κ1) is 25.6. The molecule has 6 N–H and O–H groups in total. The van der Waals surface area contributed by atoms with Gasteiger partial charge in [0.05, 0.1) is 12.3 Å². The van der Waals surface area contributed by atoms with Crippen LogP contribution in [-0.2, 0) is 6.54 Å². The number of amides is 1. The summed E-state index contributed by atoms with van der Waals surface area (Å²) in [5, 5.41) is 24.9. The molecule has 0 spiro atoms. The molecule has 1 fully saturated rings. The summed E-state index contributed by atoms with van der Waals surface area (Å²) >= 11 is 0. The van der Waals surface area contributed by atoms with E-state index in [-0.39, 0.29) is 11.8 Å². The normalized spacial score (nSPS) is 17.6. The summed E-state index contributed by atoms with van der Waals surface area (Å²) in [5.74, 6) is 0.932. The molecule has 10 heteroatoms. The van der Waals surface area contributed by atoms with Crippen molar-refractivity contribution in [3.8, 4) is 11.1 Å². The van der Waals surface area contributed by atoms with Crippen LogP contribution in [0.5, 0.6) is 0 Å². The maximum Gasteiger partial charge on any atom is 0.249 e. The van der Waals surface area contributed by atoms with E-state index in [2.05, 4.69) is 34.9 Å². The summed E-state index contributed by atoms with van der Waals surface area (Å²) in [4.78, 5) is 21.6. The lowest BCUT2D eigenvalue weighted by Crippen LogP contribution is -2.43. The molecule has 4 aromatic rings. The maximum absolute atomic E-state index is 12.1. The highest BCUT2D eigenvalue weighted by atomic mass is 16.3. The zero-order valence-corrected chi connectivity index (χ0v) is 21.7. The van der Waals surface area contributed by atoms with Crippen LogP contribution < -0.4 is 21.7 Å². The van der Waals surface area contributed by atoms with Gasteiger partial charge in [0.25, 0.3) is 0 Å². The first-order valence-electron chi connectivity index (χ1n) is 13.0. The number of aliphatic hydroxyl groups is 1. The number of nitrogens with one attached hydrogen (secondary N) is 3. The second kappa shape index (κ2) is 11.2. The van der Waals surface area contributed by atoms with Crippen molar-refractivity contribution in [2.75, 3.05) is 30.3 Å². The van der Waals surface area contributed by atoms with Gasteiger partial charge in [-0.2, -0.15) is 19.6 Å². The van der Waals surface area contributed by atoms with Crippen LogP contribution in [0, 0.1) is 5.92 Å². The Labute approximate surface area is 221 Å². The summed E-state index contributed by atoms with van der Waals surface area (Å²) in [7, 11) is 0. The molecular weight excluding hydrogens is 480 g/mol. The van der Waals surface area contributed by atoms with E-state index >= 15 is 0 Å². The Morgan fingerprint density at radius 2 is 1.89 bits per heavy atom. The molecule has 0 bridgehead atoms. The SMILES string of the molecule is CC(C)c1cnn2c(NCc3ccccc3-c3ccccc3C(N)=O)nc(NC[C@H]3CCNC[C@@H]3O)nc12. The Bertz CT molecular complexity index is 1430. The van der Waals surface area contributed by atoms with Crippen LogP contribution in [0.4, 0.5) is 11.9 Å². The summed E-state index contributed by atoms with van der Waals surface area (Å²) in [6, 6.07) is 15.3. The number of hydrogen-bond donors (Lipinski definition) is 5. The number of β-amino-alcohol motifs (C(OH)–C–C–N with tert-alkyl or cyclic N) is 1. The van der Waals surface area contributed by atoms with Gasteiger partial charge in [0, 0.05) is 36.7 Å². The van der Waals surface area contributed by atoms with Gasteiger partial charge in [-0.05, 0) is 41.6 Å². The topological polar surface area (TPSA) is 142 Å². The van der Waals surface area contributed by atoms with Crippen LogP contribution in [0.3, 0.4) is 0 Å². The lowest BCUT2D eigenvalue weighted by atomic mass is 9.95. The van der Waals surface area contributed by atoms with Crippen molar-refractivity contribution >= 4 is 23.5 Å². The Kier molecular flexibility index (Phi) is 7.52. The smallest absolute Gasteiger partial charge is 0.249 e. The summed E-state index contributed by atoms with van der Waals surface area (Å²) in [5.41, 5.74) is 10.6. The Hall–Kier alpha value is -4.02. The Morgan fingerprint density at radius 1 is 1.13 bits per heavy atom. The first-order chi connectivity index (χ1) is 18.4. The van der Waals surface area contributed by atoms with Gasteiger partial charge in [0.2, 0.25) is 17.8 Å². The third-order valence-corrected chi connectivity index (χ3v) is 7.07. The monoisotopic (exact) mass is 514 g/mol. The molecule has 10 nitrogen and oxygen atoms in total. The van der Waals surface area contributed by atoms with E-state index in [1.165, 1.54) is 0 Å². The predicted octanol–water partition coefficient (Wildman–Crippen LogP) is 3.01. The largest absolute Gasteiger partial charge is 0.391 e. The van der Waals surface area contributed by atoms with Crippen molar-refractivity contribution in [2.45, 2.75) is 38.8 Å². The van der Waals surface area contributed by atoms with Crippen LogP contribution in [0.15, 0.2) is 54.7 Å². The minimum Gasteiger partial charge on any atom is -0.391 e. The van der Waals surface area contributed by atoms with Gasteiger partial charge in [-0.25, -0.2) is 0 Å². The number of carbonyl (C=O) groups excluding carboxylic acids is 1. The third-order valence-electron chi connectivity index (χ3n) is 7.07. The lowest BCUT2D eigenvalue weighted by molar-refractivity contribution is 0.0883. The number of nitrogens with zero attached hydrogens (tertiary/aromatic N) is 4. The van der Waals surface area contributed by atoms with Crippen LogP contribution >= 0.6 is 0 Å². The van der Waals surface area contributed by atoms with Gasteiger partial charge in [0.15, 0.2) is 5.65 Å². The highest BCUT2D eigenvalue weighted by Crippen LogP contribution is 2.28. The van der Waals surface area contributed by atoms with Gasteiger partial charge in [0.1, 0.15) is 0 Å². The first-order valence-corrected chi connectivity index (χ1v) is 13.0.